The molecule has 1 rings (SSSR count). The monoisotopic (exact) mass is 249 g/mol. The van der Waals surface area contributed by atoms with E-state index < -0.39 is 17.6 Å². The third-order valence-electron chi connectivity index (χ3n) is 2.02. The van der Waals surface area contributed by atoms with E-state index in [9.17, 15) is 17.6 Å². The van der Waals surface area contributed by atoms with Crippen molar-refractivity contribution < 1.29 is 22.3 Å². The van der Waals surface area contributed by atoms with Gasteiger partial charge in [-0.1, -0.05) is 6.58 Å². The molecule has 0 amide bonds. The van der Waals surface area contributed by atoms with Crippen molar-refractivity contribution in [3.63, 3.8) is 0 Å². The average Bonchev–Trinajstić information content (AvgIpc) is 2.19. The van der Waals surface area contributed by atoms with E-state index in [0.717, 1.165) is 6.07 Å². The zero-order chi connectivity index (χ0) is 13.2. The molecular formula is C11H11F4NO. The van der Waals surface area contributed by atoms with E-state index >= 15 is 0 Å². The molecule has 0 aliphatic rings. The minimum Gasteiger partial charge on any atom is -0.494 e. The van der Waals surface area contributed by atoms with E-state index in [4.69, 9.17) is 10.5 Å². The summed E-state index contributed by atoms with van der Waals surface area (Å²) in [4.78, 5) is 0. The number of anilines is 1. The Morgan fingerprint density at radius 3 is 2.47 bits per heavy atom. The van der Waals surface area contributed by atoms with Crippen LogP contribution in [0, 0.1) is 5.82 Å². The summed E-state index contributed by atoms with van der Waals surface area (Å²) in [6.07, 6.45) is -4.80. The lowest BCUT2D eigenvalue weighted by Gasteiger charge is -2.14. The molecular weight excluding hydrogens is 238 g/mol. The molecule has 0 radical (unpaired) electrons. The molecule has 0 aromatic heterocycles. The van der Waals surface area contributed by atoms with Gasteiger partial charge in [0.05, 0.1) is 17.7 Å². The molecule has 1 aromatic carbocycles. The second kappa shape index (κ2) is 4.65. The molecule has 0 aliphatic heterocycles. The minimum absolute atomic E-state index is 0.175. The van der Waals surface area contributed by atoms with Crippen LogP contribution >= 0.6 is 0 Å². The lowest BCUT2D eigenvalue weighted by molar-refractivity contribution is -0.140. The zero-order valence-electron chi connectivity index (χ0n) is 9.07. The number of hydrogen-bond acceptors (Lipinski definition) is 2. The summed E-state index contributed by atoms with van der Waals surface area (Å²) >= 11 is 0. The van der Waals surface area contributed by atoms with Crippen molar-refractivity contribution in [2.75, 3.05) is 12.3 Å². The summed E-state index contributed by atoms with van der Waals surface area (Å²) in [6, 6.07) is 1.60. The first-order valence-electron chi connectivity index (χ1n) is 4.75. The van der Waals surface area contributed by atoms with Crippen molar-refractivity contribution in [2.24, 2.45) is 0 Å². The van der Waals surface area contributed by atoms with Crippen LogP contribution in [-0.2, 0) is 10.9 Å². The summed E-state index contributed by atoms with van der Waals surface area (Å²) < 4.78 is 56.0. The van der Waals surface area contributed by atoms with Gasteiger partial charge in [0, 0.05) is 5.69 Å². The number of ether oxygens (including phenoxy) is 1. The summed E-state index contributed by atoms with van der Waals surface area (Å²) in [5.41, 5.74) is 3.30. The molecule has 0 heterocycles. The standard InChI is InChI=1S/C11H11F4NO/c1-3-17-6(2)8-4-7(16)5-9(10(8)12)11(13,14)15/h4-5H,2-3,16H2,1H3. The molecule has 2 nitrogen and oxygen atoms in total. The van der Waals surface area contributed by atoms with Gasteiger partial charge < -0.3 is 10.5 Å². The van der Waals surface area contributed by atoms with E-state index in [1.54, 1.807) is 6.92 Å². The maximum absolute atomic E-state index is 13.6. The Kier molecular flexibility index (Phi) is 3.65. The number of halogens is 4. The highest BCUT2D eigenvalue weighted by atomic mass is 19.4. The Balaban J connectivity index is 3.34. The Morgan fingerprint density at radius 2 is 2.00 bits per heavy atom. The van der Waals surface area contributed by atoms with Crippen LogP contribution in [0.5, 0.6) is 0 Å². The molecule has 0 unspecified atom stereocenters. The van der Waals surface area contributed by atoms with Gasteiger partial charge in [0.2, 0.25) is 0 Å². The van der Waals surface area contributed by atoms with Crippen molar-refractivity contribution in [1.29, 1.82) is 0 Å². The SMILES string of the molecule is C=C(OCC)c1cc(N)cc(C(F)(F)F)c1F. The third-order valence-corrected chi connectivity index (χ3v) is 2.02. The van der Waals surface area contributed by atoms with E-state index in [1.165, 1.54) is 0 Å². The Labute approximate surface area is 95.7 Å². The predicted octanol–water partition coefficient (Wildman–Crippen LogP) is 3.43. The first kappa shape index (κ1) is 13.3. The highest BCUT2D eigenvalue weighted by Gasteiger charge is 2.35. The fourth-order valence-electron chi connectivity index (χ4n) is 1.31. The van der Waals surface area contributed by atoms with Gasteiger partial charge in [-0.2, -0.15) is 13.2 Å². The fourth-order valence-corrected chi connectivity index (χ4v) is 1.31. The summed E-state index contributed by atoms with van der Waals surface area (Å²) in [7, 11) is 0. The molecule has 0 saturated heterocycles. The van der Waals surface area contributed by atoms with Gasteiger partial charge in [0.25, 0.3) is 0 Å². The topological polar surface area (TPSA) is 35.2 Å². The predicted molar refractivity (Wildman–Crippen MR) is 56.5 cm³/mol. The van der Waals surface area contributed by atoms with E-state index in [1.807, 2.05) is 0 Å². The number of alkyl halides is 3. The van der Waals surface area contributed by atoms with Crippen molar-refractivity contribution >= 4 is 11.4 Å². The van der Waals surface area contributed by atoms with Crippen LogP contribution in [0.1, 0.15) is 18.1 Å². The van der Waals surface area contributed by atoms with Gasteiger partial charge in [-0.25, -0.2) is 4.39 Å². The Bertz CT molecular complexity index is 440. The van der Waals surface area contributed by atoms with Gasteiger partial charge in [-0.3, -0.25) is 0 Å². The molecule has 6 heteroatoms. The lowest BCUT2D eigenvalue weighted by atomic mass is 10.1. The maximum atomic E-state index is 13.6. The van der Waals surface area contributed by atoms with Crippen LogP contribution in [0.2, 0.25) is 0 Å². The zero-order valence-corrected chi connectivity index (χ0v) is 9.07. The van der Waals surface area contributed by atoms with Gasteiger partial charge in [-0.05, 0) is 19.1 Å². The molecule has 0 bridgehead atoms. The summed E-state index contributed by atoms with van der Waals surface area (Å²) in [6.45, 7) is 5.14. The second-order valence-corrected chi connectivity index (χ2v) is 3.28. The number of benzene rings is 1. The quantitative estimate of drug-likeness (QED) is 0.506. The number of hydrogen-bond donors (Lipinski definition) is 1. The normalized spacial score (nSPS) is 11.4. The number of rotatable bonds is 3. The number of nitrogen functional groups attached to an aromatic ring is 1. The molecule has 0 atom stereocenters. The smallest absolute Gasteiger partial charge is 0.419 e. The first-order valence-corrected chi connectivity index (χ1v) is 4.75. The molecule has 1 aromatic rings. The minimum atomic E-state index is -4.80. The van der Waals surface area contributed by atoms with Crippen molar-refractivity contribution in [3.8, 4) is 0 Å². The molecule has 2 N–H and O–H groups in total. The van der Waals surface area contributed by atoms with Crippen molar-refractivity contribution in [3.05, 3.63) is 35.7 Å². The molecule has 0 aliphatic carbocycles. The van der Waals surface area contributed by atoms with Crippen molar-refractivity contribution in [2.45, 2.75) is 13.1 Å². The van der Waals surface area contributed by atoms with Crippen molar-refractivity contribution in [1.82, 2.24) is 0 Å². The Morgan fingerprint density at radius 1 is 1.41 bits per heavy atom. The largest absolute Gasteiger partial charge is 0.494 e. The fraction of sp³-hybridized carbons (Fsp3) is 0.273. The van der Waals surface area contributed by atoms with Gasteiger partial charge in [-0.15, -0.1) is 0 Å². The molecule has 0 fully saturated rings. The van der Waals surface area contributed by atoms with E-state index in [-0.39, 0.29) is 23.6 Å². The van der Waals surface area contributed by atoms with Crippen LogP contribution in [0.4, 0.5) is 23.2 Å². The van der Waals surface area contributed by atoms with Gasteiger partial charge in [0.1, 0.15) is 11.6 Å². The van der Waals surface area contributed by atoms with Crippen LogP contribution in [0.15, 0.2) is 18.7 Å². The number of nitrogens with two attached hydrogens (primary N) is 1. The molecule has 0 spiro atoms. The molecule has 0 saturated carbocycles. The third kappa shape index (κ3) is 2.89. The lowest BCUT2D eigenvalue weighted by Crippen LogP contribution is -2.11. The summed E-state index contributed by atoms with van der Waals surface area (Å²) in [5.74, 6) is -1.60. The van der Waals surface area contributed by atoms with E-state index in [0.29, 0.717) is 6.07 Å². The van der Waals surface area contributed by atoms with Crippen LogP contribution in [0.25, 0.3) is 5.76 Å². The molecule has 17 heavy (non-hydrogen) atoms. The van der Waals surface area contributed by atoms with Gasteiger partial charge in [0.15, 0.2) is 0 Å². The van der Waals surface area contributed by atoms with E-state index in [2.05, 4.69) is 6.58 Å². The van der Waals surface area contributed by atoms with Gasteiger partial charge >= 0.3 is 6.18 Å². The van der Waals surface area contributed by atoms with Crippen LogP contribution in [0.3, 0.4) is 0 Å². The molecule has 94 valence electrons. The van der Waals surface area contributed by atoms with Crippen LogP contribution < -0.4 is 5.73 Å². The average molecular weight is 249 g/mol. The first-order chi connectivity index (χ1) is 7.77. The highest BCUT2D eigenvalue weighted by molar-refractivity contribution is 5.64. The highest BCUT2D eigenvalue weighted by Crippen LogP contribution is 2.35. The Hall–Kier alpha value is -1.72. The second-order valence-electron chi connectivity index (χ2n) is 3.28. The maximum Gasteiger partial charge on any atom is 0.419 e. The summed E-state index contributed by atoms with van der Waals surface area (Å²) in [5, 5.41) is 0. The van der Waals surface area contributed by atoms with Crippen LogP contribution in [-0.4, -0.2) is 6.61 Å².